The fourth-order valence-corrected chi connectivity index (χ4v) is 3.94. The molecule has 4 rings (SSSR count). The van der Waals surface area contributed by atoms with Crippen LogP contribution in [0.3, 0.4) is 0 Å². The second-order valence-corrected chi connectivity index (χ2v) is 7.91. The first-order valence-corrected chi connectivity index (χ1v) is 9.33. The normalized spacial score (nSPS) is 14.9. The summed E-state index contributed by atoms with van der Waals surface area (Å²) in [6.45, 7) is 0. The zero-order chi connectivity index (χ0) is 19.2. The van der Waals surface area contributed by atoms with Crippen LogP contribution in [-0.2, 0) is 10.2 Å². The molecule has 0 saturated heterocycles. The van der Waals surface area contributed by atoms with E-state index in [0.29, 0.717) is 28.4 Å². The third kappa shape index (κ3) is 2.79. The Morgan fingerprint density at radius 3 is 2.63 bits per heavy atom. The van der Waals surface area contributed by atoms with E-state index in [0.717, 1.165) is 4.31 Å². The highest BCUT2D eigenvalue weighted by molar-refractivity contribution is 7.94. The summed E-state index contributed by atoms with van der Waals surface area (Å²) in [5.74, 6) is -0.0413. The molecule has 1 amide bonds. The van der Waals surface area contributed by atoms with Crippen molar-refractivity contribution >= 4 is 33.2 Å². The van der Waals surface area contributed by atoms with Gasteiger partial charge in [-0.1, -0.05) is 5.16 Å². The van der Waals surface area contributed by atoms with Gasteiger partial charge in [0.15, 0.2) is 11.5 Å². The highest BCUT2D eigenvalue weighted by Crippen LogP contribution is 2.40. The molecular formula is C17H15N5O4S. The summed E-state index contributed by atoms with van der Waals surface area (Å²) < 4.78 is 31.9. The summed E-state index contributed by atoms with van der Waals surface area (Å²) in [5, 5.41) is 6.48. The molecule has 1 N–H and O–H groups in total. The molecule has 0 bridgehead atoms. The number of pyridine rings is 1. The minimum Gasteiger partial charge on any atom is -0.355 e. The van der Waals surface area contributed by atoms with Crippen molar-refractivity contribution < 1.29 is 17.7 Å². The predicted molar refractivity (Wildman–Crippen MR) is 99.9 cm³/mol. The molecule has 3 aromatic rings. The molecule has 0 spiro atoms. The standard InChI is InChI=1S/C17H15N5O4S/c1-21-14-6-5-12(8-15(14)22(2)27(21,24)25)19-17(23)13-9-16(26-20-13)11-4-3-7-18-10-11/h3-10H,1-2H3,(H,19,23). The van der Waals surface area contributed by atoms with Gasteiger partial charge in [-0.05, 0) is 30.3 Å². The van der Waals surface area contributed by atoms with Crippen molar-refractivity contribution in [1.29, 1.82) is 0 Å². The third-order valence-corrected chi connectivity index (χ3v) is 6.07. The number of anilines is 3. The van der Waals surface area contributed by atoms with E-state index < -0.39 is 16.1 Å². The molecule has 138 valence electrons. The van der Waals surface area contributed by atoms with Gasteiger partial charge in [0.2, 0.25) is 0 Å². The summed E-state index contributed by atoms with van der Waals surface area (Å²) in [4.78, 5) is 16.4. The largest absolute Gasteiger partial charge is 0.355 e. The number of rotatable bonds is 3. The van der Waals surface area contributed by atoms with Crippen molar-refractivity contribution in [3.63, 3.8) is 0 Å². The lowest BCUT2D eigenvalue weighted by Gasteiger charge is -2.13. The number of fused-ring (bicyclic) bond motifs is 1. The van der Waals surface area contributed by atoms with Gasteiger partial charge in [-0.25, -0.2) is 0 Å². The van der Waals surface area contributed by atoms with Crippen LogP contribution >= 0.6 is 0 Å². The number of hydrogen-bond donors (Lipinski definition) is 1. The highest BCUT2D eigenvalue weighted by Gasteiger charge is 2.35. The molecule has 27 heavy (non-hydrogen) atoms. The van der Waals surface area contributed by atoms with Crippen LogP contribution in [0.25, 0.3) is 11.3 Å². The van der Waals surface area contributed by atoms with Crippen molar-refractivity contribution in [1.82, 2.24) is 10.1 Å². The number of aromatic nitrogens is 2. The molecule has 0 radical (unpaired) electrons. The molecule has 0 atom stereocenters. The SMILES string of the molecule is CN1c2ccc(NC(=O)c3cc(-c4cccnc4)on3)cc2N(C)S1(=O)=O. The fraction of sp³-hybridized carbons (Fsp3) is 0.118. The zero-order valence-corrected chi connectivity index (χ0v) is 15.3. The first-order valence-electron chi connectivity index (χ1n) is 7.93. The first kappa shape index (κ1) is 17.0. The Hall–Kier alpha value is -3.40. The lowest BCUT2D eigenvalue weighted by Crippen LogP contribution is -2.32. The van der Waals surface area contributed by atoms with Crippen LogP contribution in [0.1, 0.15) is 10.5 Å². The van der Waals surface area contributed by atoms with Crippen molar-refractivity contribution in [2.45, 2.75) is 0 Å². The molecule has 0 fully saturated rings. The van der Waals surface area contributed by atoms with Gasteiger partial charge in [0, 0.05) is 43.8 Å². The van der Waals surface area contributed by atoms with Crippen LogP contribution in [0.4, 0.5) is 17.1 Å². The van der Waals surface area contributed by atoms with E-state index in [4.69, 9.17) is 4.52 Å². The van der Waals surface area contributed by atoms with E-state index >= 15 is 0 Å². The number of benzene rings is 1. The van der Waals surface area contributed by atoms with E-state index in [2.05, 4.69) is 15.5 Å². The van der Waals surface area contributed by atoms with Gasteiger partial charge in [0.05, 0.1) is 11.4 Å². The van der Waals surface area contributed by atoms with Crippen LogP contribution in [-0.4, -0.2) is 38.6 Å². The molecular weight excluding hydrogens is 370 g/mol. The molecule has 1 aromatic carbocycles. The van der Waals surface area contributed by atoms with Gasteiger partial charge in [0.1, 0.15) is 0 Å². The molecule has 1 aliphatic rings. The molecule has 3 heterocycles. The second-order valence-electron chi connectivity index (χ2n) is 5.92. The average molecular weight is 385 g/mol. The predicted octanol–water partition coefficient (Wildman–Crippen LogP) is 2.12. The van der Waals surface area contributed by atoms with Crippen LogP contribution in [0.5, 0.6) is 0 Å². The third-order valence-electron chi connectivity index (χ3n) is 4.29. The average Bonchev–Trinajstić information content (AvgIpc) is 3.23. The van der Waals surface area contributed by atoms with Gasteiger partial charge in [-0.2, -0.15) is 8.42 Å². The molecule has 1 aliphatic heterocycles. The summed E-state index contributed by atoms with van der Waals surface area (Å²) >= 11 is 0. The Balaban J connectivity index is 1.57. The van der Waals surface area contributed by atoms with Gasteiger partial charge < -0.3 is 9.84 Å². The summed E-state index contributed by atoms with van der Waals surface area (Å²) in [6, 6.07) is 9.92. The number of carbonyl (C=O) groups excluding carboxylic acids is 1. The lowest BCUT2D eigenvalue weighted by molar-refractivity contribution is 0.101. The van der Waals surface area contributed by atoms with E-state index in [9.17, 15) is 13.2 Å². The molecule has 9 nitrogen and oxygen atoms in total. The number of hydrogen-bond acceptors (Lipinski definition) is 6. The maximum atomic E-state index is 12.4. The molecule has 0 unspecified atom stereocenters. The first-order chi connectivity index (χ1) is 12.9. The Morgan fingerprint density at radius 2 is 1.89 bits per heavy atom. The molecule has 2 aromatic heterocycles. The number of amides is 1. The van der Waals surface area contributed by atoms with Crippen LogP contribution in [0.15, 0.2) is 53.3 Å². The maximum absolute atomic E-state index is 12.4. The highest BCUT2D eigenvalue weighted by atomic mass is 32.2. The summed E-state index contributed by atoms with van der Waals surface area (Å²) in [7, 11) is -0.630. The van der Waals surface area contributed by atoms with Crippen LogP contribution < -0.4 is 13.9 Å². The minimum atomic E-state index is -3.57. The lowest BCUT2D eigenvalue weighted by atomic mass is 10.2. The van der Waals surface area contributed by atoms with Crippen molar-refractivity contribution in [2.75, 3.05) is 28.0 Å². The monoisotopic (exact) mass is 385 g/mol. The van der Waals surface area contributed by atoms with E-state index in [1.807, 2.05) is 0 Å². The van der Waals surface area contributed by atoms with E-state index in [1.165, 1.54) is 24.5 Å². The smallest absolute Gasteiger partial charge is 0.326 e. The molecule has 0 saturated carbocycles. The Morgan fingerprint density at radius 1 is 1.11 bits per heavy atom. The summed E-state index contributed by atoms with van der Waals surface area (Å²) in [5.41, 5.74) is 2.27. The number of carbonyl (C=O) groups is 1. The Bertz CT molecular complexity index is 1130. The molecule has 10 heteroatoms. The van der Waals surface area contributed by atoms with Gasteiger partial charge in [0.25, 0.3) is 5.91 Å². The fourth-order valence-electron chi connectivity index (χ4n) is 2.77. The quantitative estimate of drug-likeness (QED) is 0.740. The number of nitrogens with one attached hydrogen (secondary N) is 1. The van der Waals surface area contributed by atoms with Gasteiger partial charge >= 0.3 is 10.2 Å². The van der Waals surface area contributed by atoms with Crippen molar-refractivity contribution in [2.24, 2.45) is 0 Å². The van der Waals surface area contributed by atoms with Crippen LogP contribution in [0, 0.1) is 0 Å². The van der Waals surface area contributed by atoms with E-state index in [1.54, 1.807) is 42.7 Å². The zero-order valence-electron chi connectivity index (χ0n) is 14.4. The summed E-state index contributed by atoms with van der Waals surface area (Å²) in [6.07, 6.45) is 3.24. The van der Waals surface area contributed by atoms with Crippen LogP contribution in [0.2, 0.25) is 0 Å². The number of nitrogens with zero attached hydrogens (tertiary/aromatic N) is 4. The minimum absolute atomic E-state index is 0.104. The topological polar surface area (TPSA) is 109 Å². The Labute approximate surface area is 155 Å². The Kier molecular flexibility index (Phi) is 3.84. The second kappa shape index (κ2) is 6.09. The molecule has 0 aliphatic carbocycles. The van der Waals surface area contributed by atoms with Gasteiger partial charge in [-0.3, -0.25) is 18.4 Å². The van der Waals surface area contributed by atoms with E-state index in [-0.39, 0.29) is 5.69 Å². The van der Waals surface area contributed by atoms with Crippen molar-refractivity contribution in [3.05, 3.63) is 54.5 Å². The maximum Gasteiger partial charge on any atom is 0.326 e. The van der Waals surface area contributed by atoms with Gasteiger partial charge in [-0.15, -0.1) is 0 Å². The van der Waals surface area contributed by atoms with Crippen molar-refractivity contribution in [3.8, 4) is 11.3 Å².